The van der Waals surface area contributed by atoms with E-state index in [0.29, 0.717) is 11.7 Å². The van der Waals surface area contributed by atoms with Gasteiger partial charge >= 0.3 is 0 Å². The molecule has 0 radical (unpaired) electrons. The highest BCUT2D eigenvalue weighted by Gasteiger charge is 2.17. The zero-order chi connectivity index (χ0) is 15.1. The molecule has 20 heavy (non-hydrogen) atoms. The second kappa shape index (κ2) is 8.42. The van der Waals surface area contributed by atoms with Crippen LogP contribution in [-0.4, -0.2) is 23.2 Å². The highest BCUT2D eigenvalue weighted by atomic mass is 32.2. The average Bonchev–Trinajstić information content (AvgIpc) is 2.44. The van der Waals surface area contributed by atoms with Crippen LogP contribution in [0.3, 0.4) is 0 Å². The third-order valence-corrected chi connectivity index (χ3v) is 5.19. The van der Waals surface area contributed by atoms with Crippen LogP contribution in [-0.2, 0) is 4.79 Å². The fourth-order valence-corrected chi connectivity index (χ4v) is 3.14. The lowest BCUT2D eigenvalue weighted by Crippen LogP contribution is -2.16. The molecular weight excluding hydrogens is 288 g/mol. The molecule has 2 nitrogen and oxygen atoms in total. The minimum atomic E-state index is 0.119. The first-order valence-electron chi connectivity index (χ1n) is 6.62. The number of hydrogen-bond donors (Lipinski definition) is 1. The molecule has 1 atom stereocenters. The van der Waals surface area contributed by atoms with E-state index in [0.717, 1.165) is 16.9 Å². The molecule has 0 fully saturated rings. The van der Waals surface area contributed by atoms with Gasteiger partial charge < -0.3 is 4.74 Å². The van der Waals surface area contributed by atoms with E-state index in [9.17, 15) is 4.79 Å². The molecule has 0 saturated heterocycles. The summed E-state index contributed by atoms with van der Waals surface area (Å²) >= 11 is 5.69. The zero-order valence-corrected chi connectivity index (χ0v) is 14.1. The molecule has 0 aliphatic rings. The maximum atomic E-state index is 12.2. The van der Waals surface area contributed by atoms with Gasteiger partial charge in [-0.2, -0.15) is 12.6 Å². The molecule has 0 aliphatic carbocycles. The minimum Gasteiger partial charge on any atom is -0.497 e. The number of benzene rings is 1. The van der Waals surface area contributed by atoms with Crippen molar-refractivity contribution in [2.75, 3.05) is 12.9 Å². The number of carbonyl (C=O) groups is 1. The van der Waals surface area contributed by atoms with E-state index in [1.165, 1.54) is 11.8 Å². The summed E-state index contributed by atoms with van der Waals surface area (Å²) in [5, 5.41) is 0.374. The van der Waals surface area contributed by atoms with Crippen molar-refractivity contribution in [2.24, 2.45) is 5.92 Å². The topological polar surface area (TPSA) is 26.3 Å². The van der Waals surface area contributed by atoms with Gasteiger partial charge in [-0.15, -0.1) is 0 Å². The van der Waals surface area contributed by atoms with Gasteiger partial charge in [0.2, 0.25) is 5.12 Å². The Morgan fingerprint density at radius 3 is 2.40 bits per heavy atom. The Morgan fingerprint density at radius 2 is 1.95 bits per heavy atom. The molecule has 1 unspecified atom stereocenters. The van der Waals surface area contributed by atoms with E-state index in [4.69, 9.17) is 4.74 Å². The van der Waals surface area contributed by atoms with Gasteiger partial charge in [-0.3, -0.25) is 4.79 Å². The van der Waals surface area contributed by atoms with Crippen molar-refractivity contribution in [1.29, 1.82) is 0 Å². The summed E-state index contributed by atoms with van der Waals surface area (Å²) in [5.74, 6) is 1.97. The highest BCUT2D eigenvalue weighted by molar-refractivity contribution is 8.15. The second-order valence-electron chi connectivity index (χ2n) is 4.97. The fourth-order valence-electron chi connectivity index (χ4n) is 1.62. The van der Waals surface area contributed by atoms with Crippen LogP contribution < -0.4 is 4.74 Å². The van der Waals surface area contributed by atoms with Gasteiger partial charge in [0.1, 0.15) is 5.75 Å². The Hall–Kier alpha value is -0.870. The van der Waals surface area contributed by atoms with Crippen molar-refractivity contribution in [3.8, 4) is 5.75 Å². The Balaban J connectivity index is 2.74. The molecule has 4 heteroatoms. The van der Waals surface area contributed by atoms with E-state index in [2.05, 4.69) is 26.5 Å². The van der Waals surface area contributed by atoms with Crippen molar-refractivity contribution in [3.63, 3.8) is 0 Å². The van der Waals surface area contributed by atoms with Crippen molar-refractivity contribution >= 4 is 35.6 Å². The minimum absolute atomic E-state index is 0.119. The van der Waals surface area contributed by atoms with Crippen molar-refractivity contribution in [3.05, 3.63) is 35.4 Å². The molecule has 0 spiro atoms. The fraction of sp³-hybridized carbons (Fsp3) is 0.438. The van der Waals surface area contributed by atoms with E-state index >= 15 is 0 Å². The molecular formula is C16H22O2S2. The van der Waals surface area contributed by atoms with Crippen LogP contribution in [0.4, 0.5) is 0 Å². The third-order valence-electron chi connectivity index (χ3n) is 3.00. The molecule has 0 amide bonds. The lowest BCUT2D eigenvalue weighted by molar-refractivity contribution is -0.107. The van der Waals surface area contributed by atoms with Crippen LogP contribution in [0, 0.1) is 5.92 Å². The second-order valence-corrected chi connectivity index (χ2v) is 6.55. The van der Waals surface area contributed by atoms with Gasteiger partial charge in [0, 0.05) is 16.6 Å². The summed E-state index contributed by atoms with van der Waals surface area (Å²) in [7, 11) is 1.64. The SMILES string of the molecule is COc1ccc(/C=C(\C)C(=O)SC(CS)C(C)C)cc1. The molecule has 1 aromatic rings. The predicted octanol–water partition coefficient (Wildman–Crippen LogP) is 4.31. The maximum Gasteiger partial charge on any atom is 0.215 e. The Bertz CT molecular complexity index is 464. The van der Waals surface area contributed by atoms with Gasteiger partial charge in [-0.1, -0.05) is 37.7 Å². The zero-order valence-electron chi connectivity index (χ0n) is 12.4. The van der Waals surface area contributed by atoms with Crippen molar-refractivity contribution in [1.82, 2.24) is 0 Å². The van der Waals surface area contributed by atoms with Crippen LogP contribution in [0.5, 0.6) is 5.75 Å². The standard InChI is InChI=1S/C16H22O2S2/c1-11(2)15(10-19)20-16(17)12(3)9-13-5-7-14(18-4)8-6-13/h5-9,11,15,19H,10H2,1-4H3/b12-9+. The summed E-state index contributed by atoms with van der Waals surface area (Å²) in [6.07, 6.45) is 1.91. The van der Waals surface area contributed by atoms with Gasteiger partial charge in [0.05, 0.1) is 7.11 Å². The number of hydrogen-bond acceptors (Lipinski definition) is 4. The molecule has 0 saturated carbocycles. The lowest BCUT2D eigenvalue weighted by Gasteiger charge is -2.16. The smallest absolute Gasteiger partial charge is 0.215 e. The normalized spacial score (nSPS) is 13.4. The molecule has 1 aromatic carbocycles. The number of methoxy groups -OCH3 is 1. The van der Waals surface area contributed by atoms with E-state index in [1.54, 1.807) is 7.11 Å². The number of carbonyl (C=O) groups excluding carboxylic acids is 1. The van der Waals surface area contributed by atoms with E-state index < -0.39 is 0 Å². The maximum absolute atomic E-state index is 12.2. The number of ether oxygens (including phenoxy) is 1. The summed E-state index contributed by atoms with van der Waals surface area (Å²) in [4.78, 5) is 12.2. The number of thiol groups is 1. The van der Waals surface area contributed by atoms with Crippen LogP contribution in [0.1, 0.15) is 26.3 Å². The Morgan fingerprint density at radius 1 is 1.35 bits per heavy atom. The van der Waals surface area contributed by atoms with Crippen LogP contribution in [0.25, 0.3) is 6.08 Å². The van der Waals surface area contributed by atoms with Crippen LogP contribution in [0.2, 0.25) is 0 Å². The van der Waals surface area contributed by atoms with E-state index in [-0.39, 0.29) is 10.4 Å². The molecule has 0 N–H and O–H groups in total. The van der Waals surface area contributed by atoms with Crippen LogP contribution >= 0.6 is 24.4 Å². The molecule has 1 rings (SSSR count). The largest absolute Gasteiger partial charge is 0.497 e. The van der Waals surface area contributed by atoms with E-state index in [1.807, 2.05) is 37.3 Å². The van der Waals surface area contributed by atoms with Gasteiger partial charge in [0.25, 0.3) is 0 Å². The van der Waals surface area contributed by atoms with Gasteiger partial charge in [-0.05, 0) is 36.6 Å². The molecule has 0 aliphatic heterocycles. The van der Waals surface area contributed by atoms with Crippen molar-refractivity contribution in [2.45, 2.75) is 26.0 Å². The van der Waals surface area contributed by atoms with Crippen LogP contribution in [0.15, 0.2) is 29.8 Å². The summed E-state index contributed by atoms with van der Waals surface area (Å²) in [6.45, 7) is 6.09. The summed E-state index contributed by atoms with van der Waals surface area (Å²) in [6, 6.07) is 7.67. The average molecular weight is 310 g/mol. The molecule has 0 aromatic heterocycles. The molecule has 110 valence electrons. The molecule has 0 bridgehead atoms. The van der Waals surface area contributed by atoms with Gasteiger partial charge in [-0.25, -0.2) is 0 Å². The number of rotatable bonds is 6. The lowest BCUT2D eigenvalue weighted by atomic mass is 10.1. The quantitative estimate of drug-likeness (QED) is 0.626. The van der Waals surface area contributed by atoms with Crippen molar-refractivity contribution < 1.29 is 9.53 Å². The predicted molar refractivity (Wildman–Crippen MR) is 91.7 cm³/mol. The first-order chi connectivity index (χ1) is 9.47. The number of thioether (sulfide) groups is 1. The third kappa shape index (κ3) is 5.25. The summed E-state index contributed by atoms with van der Waals surface area (Å²) in [5.41, 5.74) is 1.76. The monoisotopic (exact) mass is 310 g/mol. The Labute approximate surface area is 131 Å². The first kappa shape index (κ1) is 17.2. The molecule has 0 heterocycles. The Kier molecular flexibility index (Phi) is 7.24. The van der Waals surface area contributed by atoms with Gasteiger partial charge in [0.15, 0.2) is 0 Å². The highest BCUT2D eigenvalue weighted by Crippen LogP contribution is 2.25. The summed E-state index contributed by atoms with van der Waals surface area (Å²) < 4.78 is 5.11. The first-order valence-corrected chi connectivity index (χ1v) is 8.13.